The van der Waals surface area contributed by atoms with Gasteiger partial charge in [-0.05, 0) is 37.3 Å². The lowest BCUT2D eigenvalue weighted by Crippen LogP contribution is -2.13. The number of sulfonamides is 1. The van der Waals surface area contributed by atoms with Crippen LogP contribution in [0.4, 0.5) is 11.5 Å². The SMILES string of the molecule is CCNc1ccc(S(=O)(=O)Nc2cc(Cl)cc(Cl)c2)cn1. The van der Waals surface area contributed by atoms with Crippen molar-refractivity contribution in [3.8, 4) is 0 Å². The lowest BCUT2D eigenvalue weighted by molar-refractivity contribution is 0.601. The second-order valence-corrected chi connectivity index (χ2v) is 6.73. The molecule has 0 aliphatic carbocycles. The van der Waals surface area contributed by atoms with E-state index in [0.29, 0.717) is 28.1 Å². The minimum atomic E-state index is -3.74. The Morgan fingerprint density at radius 2 is 1.81 bits per heavy atom. The Balaban J connectivity index is 2.25. The summed E-state index contributed by atoms with van der Waals surface area (Å²) in [6.45, 7) is 2.63. The maximum atomic E-state index is 12.2. The quantitative estimate of drug-likeness (QED) is 0.867. The molecule has 2 rings (SSSR count). The maximum absolute atomic E-state index is 12.2. The van der Waals surface area contributed by atoms with E-state index in [4.69, 9.17) is 23.2 Å². The van der Waals surface area contributed by atoms with Crippen LogP contribution in [0.3, 0.4) is 0 Å². The molecule has 0 radical (unpaired) electrons. The molecule has 0 aliphatic heterocycles. The molecule has 1 aromatic carbocycles. The molecule has 0 amide bonds. The highest BCUT2D eigenvalue weighted by Crippen LogP contribution is 2.24. The van der Waals surface area contributed by atoms with E-state index in [-0.39, 0.29) is 4.90 Å². The minimum absolute atomic E-state index is 0.0558. The van der Waals surface area contributed by atoms with Crippen molar-refractivity contribution in [2.24, 2.45) is 0 Å². The van der Waals surface area contributed by atoms with Crippen molar-refractivity contribution in [1.82, 2.24) is 4.98 Å². The lowest BCUT2D eigenvalue weighted by Gasteiger charge is -2.09. The summed E-state index contributed by atoms with van der Waals surface area (Å²) >= 11 is 11.7. The zero-order valence-electron chi connectivity index (χ0n) is 11.1. The first-order valence-electron chi connectivity index (χ1n) is 6.09. The summed E-state index contributed by atoms with van der Waals surface area (Å²) < 4.78 is 26.9. The van der Waals surface area contributed by atoms with Crippen LogP contribution in [0.25, 0.3) is 0 Å². The van der Waals surface area contributed by atoms with Gasteiger partial charge in [0.05, 0.1) is 5.69 Å². The molecule has 1 heterocycles. The Bertz CT molecular complexity index is 713. The molecule has 112 valence electrons. The first-order chi connectivity index (χ1) is 9.90. The van der Waals surface area contributed by atoms with Crippen LogP contribution < -0.4 is 10.0 Å². The number of pyridine rings is 1. The summed E-state index contributed by atoms with van der Waals surface area (Å²) in [5.74, 6) is 0.613. The van der Waals surface area contributed by atoms with Gasteiger partial charge in [0, 0.05) is 22.8 Å². The molecule has 0 bridgehead atoms. The molecule has 0 unspecified atom stereocenters. The van der Waals surface area contributed by atoms with E-state index in [1.807, 2.05) is 6.92 Å². The summed E-state index contributed by atoms with van der Waals surface area (Å²) in [4.78, 5) is 4.08. The molecule has 5 nitrogen and oxygen atoms in total. The van der Waals surface area contributed by atoms with Gasteiger partial charge in [-0.25, -0.2) is 13.4 Å². The molecule has 0 fully saturated rings. The topological polar surface area (TPSA) is 71.1 Å². The maximum Gasteiger partial charge on any atom is 0.263 e. The number of rotatable bonds is 5. The van der Waals surface area contributed by atoms with E-state index in [1.54, 1.807) is 6.07 Å². The van der Waals surface area contributed by atoms with Crippen molar-refractivity contribution in [2.75, 3.05) is 16.6 Å². The second-order valence-electron chi connectivity index (χ2n) is 4.17. The van der Waals surface area contributed by atoms with Crippen LogP contribution in [0, 0.1) is 0 Å². The molecule has 8 heteroatoms. The molecule has 1 aromatic heterocycles. The second kappa shape index (κ2) is 6.51. The first kappa shape index (κ1) is 15.9. The number of hydrogen-bond acceptors (Lipinski definition) is 4. The molecule has 21 heavy (non-hydrogen) atoms. The molecule has 0 aliphatic rings. The third-order valence-corrected chi connectivity index (χ3v) is 4.32. The zero-order chi connectivity index (χ0) is 15.5. The van der Waals surface area contributed by atoms with Crippen LogP contribution in [0.5, 0.6) is 0 Å². The van der Waals surface area contributed by atoms with Gasteiger partial charge in [-0.2, -0.15) is 0 Å². The summed E-state index contributed by atoms with van der Waals surface area (Å²) in [5.41, 5.74) is 0.295. The Morgan fingerprint density at radius 1 is 1.14 bits per heavy atom. The largest absolute Gasteiger partial charge is 0.370 e. The van der Waals surface area contributed by atoms with Crippen molar-refractivity contribution in [2.45, 2.75) is 11.8 Å². The monoisotopic (exact) mass is 345 g/mol. The summed E-state index contributed by atoms with van der Waals surface area (Å²) in [6, 6.07) is 7.55. The smallest absolute Gasteiger partial charge is 0.263 e. The lowest BCUT2D eigenvalue weighted by atomic mass is 10.3. The predicted octanol–water partition coefficient (Wildman–Crippen LogP) is 3.62. The van der Waals surface area contributed by atoms with Gasteiger partial charge >= 0.3 is 0 Å². The molecule has 0 saturated carbocycles. The van der Waals surface area contributed by atoms with Crippen molar-refractivity contribution in [1.29, 1.82) is 0 Å². The third kappa shape index (κ3) is 4.23. The summed E-state index contributed by atoms with van der Waals surface area (Å²) in [7, 11) is -3.74. The van der Waals surface area contributed by atoms with Crippen LogP contribution >= 0.6 is 23.2 Å². The Kier molecular flexibility index (Phi) is 4.92. The van der Waals surface area contributed by atoms with Crippen LogP contribution in [-0.2, 0) is 10.0 Å². The van der Waals surface area contributed by atoms with Crippen molar-refractivity contribution >= 4 is 44.7 Å². The van der Waals surface area contributed by atoms with Crippen molar-refractivity contribution in [3.05, 3.63) is 46.6 Å². The van der Waals surface area contributed by atoms with Gasteiger partial charge in [-0.15, -0.1) is 0 Å². The number of nitrogens with zero attached hydrogens (tertiary/aromatic N) is 1. The van der Waals surface area contributed by atoms with Crippen molar-refractivity contribution in [3.63, 3.8) is 0 Å². The average molecular weight is 346 g/mol. The fourth-order valence-electron chi connectivity index (χ4n) is 1.65. The minimum Gasteiger partial charge on any atom is -0.370 e. The number of anilines is 2. The molecule has 0 spiro atoms. The Labute approximate surface area is 133 Å². The van der Waals surface area contributed by atoms with Gasteiger partial charge < -0.3 is 5.32 Å². The first-order valence-corrected chi connectivity index (χ1v) is 8.33. The standard InChI is InChI=1S/C13H13Cl2N3O2S/c1-2-16-13-4-3-12(8-17-13)21(19,20)18-11-6-9(14)5-10(15)7-11/h3-8,18H,2H2,1H3,(H,16,17). The number of benzene rings is 1. The number of aromatic nitrogens is 1. The van der Waals surface area contributed by atoms with E-state index in [1.165, 1.54) is 30.5 Å². The summed E-state index contributed by atoms with van der Waals surface area (Å²) in [6.07, 6.45) is 1.28. The van der Waals surface area contributed by atoms with Gasteiger partial charge in [-0.3, -0.25) is 4.72 Å². The number of halogens is 2. The van der Waals surface area contributed by atoms with Gasteiger partial charge in [0.1, 0.15) is 10.7 Å². The molecule has 2 N–H and O–H groups in total. The third-order valence-electron chi connectivity index (χ3n) is 2.52. The molecule has 2 aromatic rings. The Hall–Kier alpha value is -1.50. The van der Waals surface area contributed by atoms with Crippen LogP contribution in [-0.4, -0.2) is 19.9 Å². The van der Waals surface area contributed by atoms with Crippen LogP contribution in [0.2, 0.25) is 10.0 Å². The number of hydrogen-bond donors (Lipinski definition) is 2. The van der Waals surface area contributed by atoms with Crippen LogP contribution in [0.1, 0.15) is 6.92 Å². The summed E-state index contributed by atoms with van der Waals surface area (Å²) in [5, 5.41) is 3.69. The van der Waals surface area contributed by atoms with E-state index in [2.05, 4.69) is 15.0 Å². The van der Waals surface area contributed by atoms with Gasteiger partial charge in [0.25, 0.3) is 10.0 Å². The zero-order valence-corrected chi connectivity index (χ0v) is 13.4. The van der Waals surface area contributed by atoms with E-state index in [0.717, 1.165) is 0 Å². The molecular formula is C13H13Cl2N3O2S. The molecule has 0 saturated heterocycles. The van der Waals surface area contributed by atoms with Crippen LogP contribution in [0.15, 0.2) is 41.4 Å². The highest BCUT2D eigenvalue weighted by atomic mass is 35.5. The average Bonchev–Trinajstić information content (AvgIpc) is 2.38. The van der Waals surface area contributed by atoms with E-state index in [9.17, 15) is 8.42 Å². The van der Waals surface area contributed by atoms with E-state index >= 15 is 0 Å². The Morgan fingerprint density at radius 3 is 2.33 bits per heavy atom. The fourth-order valence-corrected chi connectivity index (χ4v) is 3.16. The van der Waals surface area contributed by atoms with Gasteiger partial charge in [-0.1, -0.05) is 23.2 Å². The normalized spacial score (nSPS) is 11.2. The fraction of sp³-hybridized carbons (Fsp3) is 0.154. The predicted molar refractivity (Wildman–Crippen MR) is 85.7 cm³/mol. The van der Waals surface area contributed by atoms with E-state index < -0.39 is 10.0 Å². The van der Waals surface area contributed by atoms with Gasteiger partial charge in [0.2, 0.25) is 0 Å². The molecular weight excluding hydrogens is 333 g/mol. The number of nitrogens with one attached hydrogen (secondary N) is 2. The molecule has 0 atom stereocenters. The van der Waals surface area contributed by atoms with Crippen molar-refractivity contribution < 1.29 is 8.42 Å². The van der Waals surface area contributed by atoms with Gasteiger partial charge in [0.15, 0.2) is 0 Å². The highest BCUT2D eigenvalue weighted by Gasteiger charge is 2.15. The highest BCUT2D eigenvalue weighted by molar-refractivity contribution is 7.92.